The first kappa shape index (κ1) is 21.8. The van der Waals surface area contributed by atoms with Crippen LogP contribution in [0.2, 0.25) is 0 Å². The van der Waals surface area contributed by atoms with E-state index in [9.17, 15) is 9.59 Å². The fraction of sp³-hybridized carbons (Fsp3) is 0.435. The Morgan fingerprint density at radius 2 is 1.80 bits per heavy atom. The van der Waals surface area contributed by atoms with Gasteiger partial charge in [-0.15, -0.1) is 0 Å². The van der Waals surface area contributed by atoms with Gasteiger partial charge in [-0.05, 0) is 37.1 Å². The summed E-state index contributed by atoms with van der Waals surface area (Å²) in [6.07, 6.45) is 2.62. The molecule has 1 aliphatic rings. The van der Waals surface area contributed by atoms with Crippen molar-refractivity contribution in [2.75, 3.05) is 56.0 Å². The average Bonchev–Trinajstić information content (AvgIpc) is 2.76. The minimum atomic E-state index is -0.161. The molecule has 2 aromatic rings. The van der Waals surface area contributed by atoms with Gasteiger partial charge >= 0.3 is 0 Å². The lowest BCUT2D eigenvalue weighted by molar-refractivity contribution is -0.135. The van der Waals surface area contributed by atoms with Crippen LogP contribution in [0.15, 0.2) is 48.7 Å². The van der Waals surface area contributed by atoms with Gasteiger partial charge in [0.25, 0.3) is 0 Å². The Labute approximate surface area is 178 Å². The van der Waals surface area contributed by atoms with E-state index >= 15 is 0 Å². The molecule has 1 aliphatic heterocycles. The van der Waals surface area contributed by atoms with Crippen LogP contribution in [0.1, 0.15) is 18.9 Å². The van der Waals surface area contributed by atoms with Gasteiger partial charge in [0.05, 0.1) is 13.1 Å². The van der Waals surface area contributed by atoms with E-state index in [1.807, 2.05) is 56.3 Å². The standard InChI is InChI=1S/C23H31N5O2/c1-3-12-28(17-22(29)25-20-9-5-4-8-19(20)2)23(30)18-26-13-15-27(16-14-26)21-10-6-7-11-24-21/h4-11H,3,12-18H2,1-2H3,(H,25,29). The zero-order chi connectivity index (χ0) is 21.3. The largest absolute Gasteiger partial charge is 0.354 e. The summed E-state index contributed by atoms with van der Waals surface area (Å²) in [5.74, 6) is 0.818. The number of pyridine rings is 1. The molecule has 7 nitrogen and oxygen atoms in total. The van der Waals surface area contributed by atoms with E-state index in [4.69, 9.17) is 0 Å². The van der Waals surface area contributed by atoms with Crippen molar-refractivity contribution < 1.29 is 9.59 Å². The second-order valence-corrected chi connectivity index (χ2v) is 7.63. The number of carbonyl (C=O) groups is 2. The zero-order valence-corrected chi connectivity index (χ0v) is 17.9. The van der Waals surface area contributed by atoms with E-state index in [0.717, 1.165) is 49.7 Å². The number of hydrogen-bond acceptors (Lipinski definition) is 5. The third-order valence-corrected chi connectivity index (χ3v) is 5.30. The molecule has 7 heteroatoms. The van der Waals surface area contributed by atoms with Crippen LogP contribution in [0.3, 0.4) is 0 Å². The summed E-state index contributed by atoms with van der Waals surface area (Å²) in [4.78, 5) is 35.9. The van der Waals surface area contributed by atoms with Gasteiger partial charge in [0.1, 0.15) is 5.82 Å². The van der Waals surface area contributed by atoms with Crippen molar-refractivity contribution >= 4 is 23.3 Å². The first-order chi connectivity index (χ1) is 14.6. The Morgan fingerprint density at radius 1 is 1.07 bits per heavy atom. The molecule has 0 saturated carbocycles. The van der Waals surface area contributed by atoms with Gasteiger partial charge < -0.3 is 15.1 Å². The van der Waals surface area contributed by atoms with Crippen LogP contribution in [0.25, 0.3) is 0 Å². The fourth-order valence-corrected chi connectivity index (χ4v) is 3.61. The number of aromatic nitrogens is 1. The average molecular weight is 410 g/mol. The number of rotatable bonds is 8. The van der Waals surface area contributed by atoms with E-state index in [-0.39, 0.29) is 18.4 Å². The SMILES string of the molecule is CCCN(CC(=O)Nc1ccccc1C)C(=O)CN1CCN(c2ccccn2)CC1. The molecule has 0 atom stereocenters. The van der Waals surface area contributed by atoms with Crippen LogP contribution in [-0.2, 0) is 9.59 Å². The summed E-state index contributed by atoms with van der Waals surface area (Å²) in [5, 5.41) is 2.92. The quantitative estimate of drug-likeness (QED) is 0.725. The van der Waals surface area contributed by atoms with Gasteiger partial charge in [-0.3, -0.25) is 14.5 Å². The highest BCUT2D eigenvalue weighted by Crippen LogP contribution is 2.14. The molecular weight excluding hydrogens is 378 g/mol. The zero-order valence-electron chi connectivity index (χ0n) is 17.9. The number of nitrogens with one attached hydrogen (secondary N) is 1. The van der Waals surface area contributed by atoms with Gasteiger partial charge in [0.2, 0.25) is 11.8 Å². The second-order valence-electron chi connectivity index (χ2n) is 7.63. The van der Waals surface area contributed by atoms with Gasteiger partial charge in [-0.2, -0.15) is 0 Å². The lowest BCUT2D eigenvalue weighted by atomic mass is 10.2. The van der Waals surface area contributed by atoms with Crippen LogP contribution in [0.4, 0.5) is 11.5 Å². The van der Waals surface area contributed by atoms with Crippen molar-refractivity contribution in [1.29, 1.82) is 0 Å². The van der Waals surface area contributed by atoms with Gasteiger partial charge in [0, 0.05) is 44.6 Å². The van der Waals surface area contributed by atoms with E-state index in [1.165, 1.54) is 0 Å². The predicted molar refractivity (Wildman–Crippen MR) is 120 cm³/mol. The van der Waals surface area contributed by atoms with Crippen molar-refractivity contribution in [1.82, 2.24) is 14.8 Å². The second kappa shape index (κ2) is 10.7. The number of para-hydroxylation sites is 1. The molecule has 0 radical (unpaired) electrons. The monoisotopic (exact) mass is 409 g/mol. The van der Waals surface area contributed by atoms with E-state index in [0.29, 0.717) is 13.1 Å². The third kappa shape index (κ3) is 6.03. The van der Waals surface area contributed by atoms with Crippen molar-refractivity contribution in [2.24, 2.45) is 0 Å². The topological polar surface area (TPSA) is 68.8 Å². The summed E-state index contributed by atoms with van der Waals surface area (Å²) >= 11 is 0. The highest BCUT2D eigenvalue weighted by molar-refractivity contribution is 5.95. The molecule has 0 spiro atoms. The Morgan fingerprint density at radius 3 is 2.47 bits per heavy atom. The summed E-state index contributed by atoms with van der Waals surface area (Å²) in [6, 6.07) is 13.6. The lowest BCUT2D eigenvalue weighted by Crippen LogP contribution is -2.51. The van der Waals surface area contributed by atoms with E-state index < -0.39 is 0 Å². The Bertz CT molecular complexity index is 834. The predicted octanol–water partition coefficient (Wildman–Crippen LogP) is 2.39. The molecule has 1 aromatic heterocycles. The highest BCUT2D eigenvalue weighted by Gasteiger charge is 2.23. The number of piperazine rings is 1. The Hall–Kier alpha value is -2.93. The molecule has 30 heavy (non-hydrogen) atoms. The van der Waals surface area contributed by atoms with Crippen LogP contribution >= 0.6 is 0 Å². The first-order valence-corrected chi connectivity index (χ1v) is 10.6. The number of amides is 2. The van der Waals surface area contributed by atoms with Gasteiger partial charge in [0.15, 0.2) is 0 Å². The number of benzene rings is 1. The van der Waals surface area contributed by atoms with Crippen LogP contribution < -0.4 is 10.2 Å². The molecule has 1 aromatic carbocycles. The maximum Gasteiger partial charge on any atom is 0.244 e. The molecule has 1 N–H and O–H groups in total. The highest BCUT2D eigenvalue weighted by atomic mass is 16.2. The molecule has 0 bridgehead atoms. The summed E-state index contributed by atoms with van der Waals surface area (Å²) in [5.41, 5.74) is 1.79. The molecule has 2 amide bonds. The molecule has 1 saturated heterocycles. The first-order valence-electron chi connectivity index (χ1n) is 10.6. The maximum atomic E-state index is 12.9. The molecule has 0 aliphatic carbocycles. The summed E-state index contributed by atoms with van der Waals surface area (Å²) in [7, 11) is 0. The number of anilines is 2. The van der Waals surface area contributed by atoms with Crippen molar-refractivity contribution in [3.05, 3.63) is 54.2 Å². The molecule has 0 unspecified atom stereocenters. The molecular formula is C23H31N5O2. The molecule has 1 fully saturated rings. The van der Waals surface area contributed by atoms with Gasteiger partial charge in [-0.1, -0.05) is 31.2 Å². The minimum Gasteiger partial charge on any atom is -0.354 e. The minimum absolute atomic E-state index is 0.00284. The Balaban J connectivity index is 1.50. The van der Waals surface area contributed by atoms with E-state index in [1.54, 1.807) is 11.1 Å². The Kier molecular flexibility index (Phi) is 7.79. The van der Waals surface area contributed by atoms with Gasteiger partial charge in [-0.25, -0.2) is 4.98 Å². The van der Waals surface area contributed by atoms with Crippen LogP contribution in [0.5, 0.6) is 0 Å². The van der Waals surface area contributed by atoms with Crippen molar-refractivity contribution in [2.45, 2.75) is 20.3 Å². The smallest absolute Gasteiger partial charge is 0.244 e. The normalized spacial score (nSPS) is 14.4. The summed E-state index contributed by atoms with van der Waals surface area (Å²) < 4.78 is 0. The molecule has 3 rings (SSSR count). The lowest BCUT2D eigenvalue weighted by Gasteiger charge is -2.36. The van der Waals surface area contributed by atoms with Crippen molar-refractivity contribution in [3.63, 3.8) is 0 Å². The number of hydrogen-bond donors (Lipinski definition) is 1. The number of nitrogens with zero attached hydrogens (tertiary/aromatic N) is 4. The van der Waals surface area contributed by atoms with Crippen LogP contribution in [0, 0.1) is 6.92 Å². The number of carbonyl (C=O) groups excluding carboxylic acids is 2. The maximum absolute atomic E-state index is 12.9. The number of aryl methyl sites for hydroxylation is 1. The molecule has 160 valence electrons. The third-order valence-electron chi connectivity index (χ3n) is 5.30. The van der Waals surface area contributed by atoms with Crippen LogP contribution in [-0.4, -0.2) is 72.4 Å². The molecule has 2 heterocycles. The fourth-order valence-electron chi connectivity index (χ4n) is 3.61. The van der Waals surface area contributed by atoms with E-state index in [2.05, 4.69) is 20.1 Å². The summed E-state index contributed by atoms with van der Waals surface area (Å²) in [6.45, 7) is 8.25. The van der Waals surface area contributed by atoms with Crippen molar-refractivity contribution in [3.8, 4) is 0 Å².